The number of H-pyrrole nitrogens is 1. The third-order valence-electron chi connectivity index (χ3n) is 3.02. The molecule has 0 aliphatic carbocycles. The number of nitrogens with one attached hydrogen (secondary N) is 1. The average Bonchev–Trinajstić information content (AvgIpc) is 2.98. The number of likely N-dealkylation sites (N-methyl/N-ethyl adjacent to an activating group) is 1. The van der Waals surface area contributed by atoms with Crippen LogP contribution in [0.4, 0.5) is 0 Å². The first-order chi connectivity index (χ1) is 9.32. The smallest absolute Gasteiger partial charge is 0.207 e. The number of aromatic nitrogens is 4. The number of hydrogen-bond acceptors (Lipinski definition) is 6. The van der Waals surface area contributed by atoms with Gasteiger partial charge in [-0.15, -0.1) is 21.5 Å². The zero-order valence-corrected chi connectivity index (χ0v) is 13.4. The Hall–Kier alpha value is -1.32. The van der Waals surface area contributed by atoms with Crippen LogP contribution in [0.3, 0.4) is 0 Å². The van der Waals surface area contributed by atoms with Gasteiger partial charge >= 0.3 is 0 Å². The Morgan fingerprint density at radius 2 is 2.15 bits per heavy atom. The molecular weight excluding hydrogens is 298 g/mol. The molecule has 0 aliphatic heterocycles. The van der Waals surface area contributed by atoms with Crippen LogP contribution in [0.25, 0.3) is 0 Å². The highest BCUT2D eigenvalue weighted by Crippen LogP contribution is 2.27. The van der Waals surface area contributed by atoms with E-state index in [1.807, 2.05) is 20.8 Å². The predicted molar refractivity (Wildman–Crippen MR) is 76.2 cm³/mol. The van der Waals surface area contributed by atoms with E-state index in [0.717, 1.165) is 9.75 Å². The minimum atomic E-state index is -3.48. The van der Waals surface area contributed by atoms with E-state index in [4.69, 9.17) is 0 Å². The van der Waals surface area contributed by atoms with E-state index < -0.39 is 10.0 Å². The summed E-state index contributed by atoms with van der Waals surface area (Å²) in [6, 6.07) is 1.71. The molecule has 0 radical (unpaired) electrons. The molecule has 9 heteroatoms. The summed E-state index contributed by atoms with van der Waals surface area (Å²) in [5.74, 6) is 0.374. The molecule has 0 fully saturated rings. The fraction of sp³-hybridized carbons (Fsp3) is 0.545. The van der Waals surface area contributed by atoms with Crippen LogP contribution in [0.1, 0.15) is 28.4 Å². The number of sulfonamides is 1. The standard InChI is InChI=1S/C11H17N5O2S2/c1-7(11-12-14-15-13-11)6-16(4)20(17,18)10-5-8(2)19-9(10)3/h5,7H,6H2,1-4H3,(H,12,13,14,15)/t7-/m1/s1. The van der Waals surface area contributed by atoms with Crippen LogP contribution in [0.2, 0.25) is 0 Å². The van der Waals surface area contributed by atoms with Crippen LogP contribution in [0.15, 0.2) is 11.0 Å². The topological polar surface area (TPSA) is 91.8 Å². The molecule has 2 rings (SSSR count). The second-order valence-corrected chi connectivity index (χ2v) is 8.21. The Kier molecular flexibility index (Phi) is 4.21. The highest BCUT2D eigenvalue weighted by atomic mass is 32.2. The number of aromatic amines is 1. The quantitative estimate of drug-likeness (QED) is 0.898. The van der Waals surface area contributed by atoms with Crippen LogP contribution in [-0.4, -0.2) is 46.9 Å². The van der Waals surface area contributed by atoms with E-state index in [1.165, 1.54) is 15.6 Å². The summed E-state index contributed by atoms with van der Waals surface area (Å²) in [4.78, 5) is 2.17. The maximum absolute atomic E-state index is 12.5. The van der Waals surface area contributed by atoms with E-state index in [-0.39, 0.29) is 5.92 Å². The SMILES string of the molecule is Cc1cc(S(=O)(=O)N(C)C[C@@H](C)c2nn[nH]n2)c(C)s1. The van der Waals surface area contributed by atoms with Gasteiger partial charge in [-0.25, -0.2) is 12.7 Å². The Labute approximate surface area is 122 Å². The maximum Gasteiger partial charge on any atom is 0.243 e. The second-order valence-electron chi connectivity index (χ2n) is 4.73. The largest absolute Gasteiger partial charge is 0.243 e. The van der Waals surface area contributed by atoms with Crippen molar-refractivity contribution < 1.29 is 8.42 Å². The molecule has 0 spiro atoms. The first-order valence-electron chi connectivity index (χ1n) is 6.09. The Morgan fingerprint density at radius 1 is 1.45 bits per heavy atom. The van der Waals surface area contributed by atoms with Crippen molar-refractivity contribution in [2.45, 2.75) is 31.6 Å². The number of rotatable bonds is 5. The molecule has 0 saturated carbocycles. The lowest BCUT2D eigenvalue weighted by atomic mass is 10.2. The summed E-state index contributed by atoms with van der Waals surface area (Å²) >= 11 is 1.48. The molecule has 0 aromatic carbocycles. The lowest BCUT2D eigenvalue weighted by Crippen LogP contribution is -2.31. The van der Waals surface area contributed by atoms with Gasteiger partial charge in [-0.3, -0.25) is 0 Å². The summed E-state index contributed by atoms with van der Waals surface area (Å²) in [5.41, 5.74) is 0. The zero-order chi connectivity index (χ0) is 14.9. The lowest BCUT2D eigenvalue weighted by Gasteiger charge is -2.19. The molecular formula is C11H17N5O2S2. The van der Waals surface area contributed by atoms with Gasteiger partial charge in [0.2, 0.25) is 10.0 Å². The first kappa shape index (κ1) is 15.1. The maximum atomic E-state index is 12.5. The van der Waals surface area contributed by atoms with E-state index in [0.29, 0.717) is 17.3 Å². The lowest BCUT2D eigenvalue weighted by molar-refractivity contribution is 0.439. The van der Waals surface area contributed by atoms with Crippen molar-refractivity contribution >= 4 is 21.4 Å². The van der Waals surface area contributed by atoms with Crippen molar-refractivity contribution in [2.75, 3.05) is 13.6 Å². The van der Waals surface area contributed by atoms with Crippen LogP contribution in [0.5, 0.6) is 0 Å². The molecule has 2 aromatic heterocycles. The van der Waals surface area contributed by atoms with Crippen molar-refractivity contribution in [3.05, 3.63) is 21.6 Å². The normalized spacial score (nSPS) is 13.8. The van der Waals surface area contributed by atoms with Gasteiger partial charge in [0.05, 0.1) is 4.90 Å². The van der Waals surface area contributed by atoms with E-state index in [9.17, 15) is 8.42 Å². The van der Waals surface area contributed by atoms with Gasteiger partial charge < -0.3 is 0 Å². The molecule has 0 aliphatic rings. The Morgan fingerprint density at radius 3 is 2.65 bits per heavy atom. The van der Waals surface area contributed by atoms with Crippen molar-refractivity contribution in [3.8, 4) is 0 Å². The van der Waals surface area contributed by atoms with Crippen molar-refractivity contribution in [1.82, 2.24) is 24.9 Å². The second kappa shape index (κ2) is 5.58. The molecule has 1 atom stereocenters. The molecule has 1 N–H and O–H groups in total. The molecule has 0 saturated heterocycles. The number of aryl methyl sites for hydroxylation is 2. The van der Waals surface area contributed by atoms with Gasteiger partial charge in [-0.05, 0) is 19.9 Å². The van der Waals surface area contributed by atoms with E-state index in [1.54, 1.807) is 13.1 Å². The van der Waals surface area contributed by atoms with E-state index >= 15 is 0 Å². The summed E-state index contributed by atoms with van der Waals surface area (Å²) in [7, 11) is -1.91. The van der Waals surface area contributed by atoms with Crippen LogP contribution in [-0.2, 0) is 10.0 Å². The number of hydrogen-bond donors (Lipinski definition) is 1. The summed E-state index contributed by atoms with van der Waals surface area (Å²) in [6.45, 7) is 5.89. The number of nitrogens with zero attached hydrogens (tertiary/aromatic N) is 4. The van der Waals surface area contributed by atoms with Crippen LogP contribution >= 0.6 is 11.3 Å². The molecule has 110 valence electrons. The predicted octanol–water partition coefficient (Wildman–Crippen LogP) is 1.30. The van der Waals surface area contributed by atoms with Gasteiger partial charge in [0.15, 0.2) is 5.82 Å². The summed E-state index contributed by atoms with van der Waals surface area (Å²) in [6.07, 6.45) is 0. The van der Waals surface area contributed by atoms with Crippen molar-refractivity contribution in [3.63, 3.8) is 0 Å². The number of tetrazole rings is 1. The summed E-state index contributed by atoms with van der Waals surface area (Å²) in [5, 5.41) is 13.6. The molecule has 20 heavy (non-hydrogen) atoms. The van der Waals surface area contributed by atoms with Gasteiger partial charge in [0.25, 0.3) is 0 Å². The molecule has 2 aromatic rings. The monoisotopic (exact) mass is 315 g/mol. The molecule has 0 amide bonds. The van der Waals surface area contributed by atoms with Gasteiger partial charge in [0, 0.05) is 29.3 Å². The number of thiophene rings is 1. The fourth-order valence-corrected chi connectivity index (χ4v) is 4.75. The molecule has 0 bridgehead atoms. The van der Waals surface area contributed by atoms with E-state index in [2.05, 4.69) is 20.6 Å². The van der Waals surface area contributed by atoms with Gasteiger partial charge in [0.1, 0.15) is 0 Å². The minimum absolute atomic E-state index is 0.131. The zero-order valence-electron chi connectivity index (χ0n) is 11.8. The van der Waals surface area contributed by atoms with Crippen LogP contribution in [0, 0.1) is 13.8 Å². The molecule has 2 heterocycles. The fourth-order valence-electron chi connectivity index (χ4n) is 1.98. The third kappa shape index (κ3) is 2.89. The van der Waals surface area contributed by atoms with Crippen molar-refractivity contribution in [2.24, 2.45) is 0 Å². The minimum Gasteiger partial charge on any atom is -0.207 e. The summed E-state index contributed by atoms with van der Waals surface area (Å²) < 4.78 is 26.4. The Balaban J connectivity index is 2.20. The Bertz CT molecular complexity index is 678. The highest BCUT2D eigenvalue weighted by Gasteiger charge is 2.26. The van der Waals surface area contributed by atoms with Gasteiger partial charge in [-0.2, -0.15) is 5.21 Å². The van der Waals surface area contributed by atoms with Crippen LogP contribution < -0.4 is 0 Å². The van der Waals surface area contributed by atoms with Crippen molar-refractivity contribution in [1.29, 1.82) is 0 Å². The van der Waals surface area contributed by atoms with Gasteiger partial charge in [-0.1, -0.05) is 12.1 Å². The third-order valence-corrected chi connectivity index (χ3v) is 6.06. The average molecular weight is 315 g/mol. The molecule has 7 nitrogen and oxygen atoms in total. The molecule has 0 unspecified atom stereocenters. The highest BCUT2D eigenvalue weighted by molar-refractivity contribution is 7.89. The first-order valence-corrected chi connectivity index (χ1v) is 8.34.